The van der Waals surface area contributed by atoms with Gasteiger partial charge < -0.3 is 5.11 Å². The van der Waals surface area contributed by atoms with Gasteiger partial charge in [-0.1, -0.05) is 23.2 Å². The van der Waals surface area contributed by atoms with E-state index < -0.39 is 0 Å². The molecule has 2 rings (SSSR count). The van der Waals surface area contributed by atoms with Crippen LogP contribution in [0.5, 0.6) is 0 Å². The summed E-state index contributed by atoms with van der Waals surface area (Å²) in [5.74, 6) is 0.492. The van der Waals surface area contributed by atoms with Crippen LogP contribution in [0.15, 0.2) is 12.3 Å². The summed E-state index contributed by atoms with van der Waals surface area (Å²) in [5.41, 5.74) is 0.793. The molecule has 1 atom stereocenters. The van der Waals surface area contributed by atoms with Crippen LogP contribution in [0.2, 0.25) is 10.0 Å². The Morgan fingerprint density at radius 3 is 2.82 bits per heavy atom. The minimum atomic E-state index is -0.230. The summed E-state index contributed by atoms with van der Waals surface area (Å²) in [7, 11) is 1.96. The highest BCUT2D eigenvalue weighted by molar-refractivity contribution is 6.34. The molecule has 0 radical (unpaired) electrons. The molecule has 1 fully saturated rings. The fraction of sp³-hybridized carbons (Fsp3) is 0.583. The lowest BCUT2D eigenvalue weighted by Gasteiger charge is -2.20. The number of pyridine rings is 1. The number of aromatic nitrogens is 1. The number of hydrogen-bond donors (Lipinski definition) is 1. The highest BCUT2D eigenvalue weighted by atomic mass is 35.5. The molecule has 1 unspecified atom stereocenters. The van der Waals surface area contributed by atoms with Crippen molar-refractivity contribution in [3.63, 3.8) is 0 Å². The van der Waals surface area contributed by atoms with Crippen LogP contribution >= 0.6 is 23.2 Å². The molecule has 94 valence electrons. The van der Waals surface area contributed by atoms with Gasteiger partial charge in [-0.05, 0) is 31.9 Å². The Bertz CT molecular complexity index is 396. The van der Waals surface area contributed by atoms with Gasteiger partial charge in [0.25, 0.3) is 0 Å². The summed E-state index contributed by atoms with van der Waals surface area (Å²) in [6.07, 6.45) is 3.66. The predicted molar refractivity (Wildman–Crippen MR) is 69.3 cm³/mol. The summed E-state index contributed by atoms with van der Waals surface area (Å²) in [6, 6.07) is 1.69. The van der Waals surface area contributed by atoms with Crippen molar-refractivity contribution in [2.24, 2.45) is 5.92 Å². The number of halogens is 2. The van der Waals surface area contributed by atoms with Crippen molar-refractivity contribution in [1.82, 2.24) is 9.88 Å². The highest BCUT2D eigenvalue weighted by Crippen LogP contribution is 2.32. The Labute approximate surface area is 111 Å². The Kier molecular flexibility index (Phi) is 4.26. The SMILES string of the molecule is CN(Cc1ncc(Cl)cc1Cl)CC(O)C1CC1. The molecule has 1 N–H and O–H groups in total. The van der Waals surface area contributed by atoms with Crippen LogP contribution in [-0.2, 0) is 6.54 Å². The first kappa shape index (κ1) is 13.1. The summed E-state index contributed by atoms with van der Waals surface area (Å²) >= 11 is 11.8. The summed E-state index contributed by atoms with van der Waals surface area (Å²) < 4.78 is 0. The fourth-order valence-corrected chi connectivity index (χ4v) is 2.27. The first-order valence-electron chi connectivity index (χ1n) is 5.73. The van der Waals surface area contributed by atoms with Gasteiger partial charge in [0, 0.05) is 19.3 Å². The van der Waals surface area contributed by atoms with Crippen LogP contribution in [0, 0.1) is 5.92 Å². The molecule has 0 saturated heterocycles. The maximum atomic E-state index is 9.83. The Hall–Kier alpha value is -0.350. The number of aliphatic hydroxyl groups is 1. The number of aliphatic hydroxyl groups excluding tert-OH is 1. The third-order valence-electron chi connectivity index (χ3n) is 2.97. The Morgan fingerprint density at radius 1 is 1.53 bits per heavy atom. The molecule has 1 heterocycles. The second-order valence-electron chi connectivity index (χ2n) is 4.68. The van der Waals surface area contributed by atoms with Crippen molar-refractivity contribution in [2.75, 3.05) is 13.6 Å². The standard InChI is InChI=1S/C12H16Cl2N2O/c1-16(7-12(17)8-2-3-8)6-11-10(14)4-9(13)5-15-11/h4-5,8,12,17H,2-3,6-7H2,1H3. The van der Waals surface area contributed by atoms with Crippen molar-refractivity contribution >= 4 is 23.2 Å². The molecule has 5 heteroatoms. The van der Waals surface area contributed by atoms with E-state index in [1.165, 1.54) is 0 Å². The van der Waals surface area contributed by atoms with Crippen LogP contribution in [-0.4, -0.2) is 34.7 Å². The van der Waals surface area contributed by atoms with Gasteiger partial charge in [0.15, 0.2) is 0 Å². The highest BCUT2D eigenvalue weighted by Gasteiger charge is 2.30. The molecule has 0 aliphatic heterocycles. The molecule has 0 amide bonds. The number of nitrogens with zero attached hydrogens (tertiary/aromatic N) is 2. The molecule has 0 bridgehead atoms. The molecule has 0 aromatic carbocycles. The average molecular weight is 275 g/mol. The molecule has 1 aliphatic carbocycles. The first-order chi connectivity index (χ1) is 8.06. The minimum Gasteiger partial charge on any atom is -0.392 e. The van der Waals surface area contributed by atoms with Crippen LogP contribution in [0.25, 0.3) is 0 Å². The van der Waals surface area contributed by atoms with Crippen LogP contribution in [0.4, 0.5) is 0 Å². The number of rotatable bonds is 5. The van der Waals surface area contributed by atoms with E-state index >= 15 is 0 Å². The normalized spacial score (nSPS) is 17.5. The van der Waals surface area contributed by atoms with E-state index in [2.05, 4.69) is 4.98 Å². The van der Waals surface area contributed by atoms with Crippen molar-refractivity contribution in [2.45, 2.75) is 25.5 Å². The van der Waals surface area contributed by atoms with Gasteiger partial charge in [-0.3, -0.25) is 9.88 Å². The second kappa shape index (κ2) is 5.53. The van der Waals surface area contributed by atoms with Crippen molar-refractivity contribution < 1.29 is 5.11 Å². The number of likely N-dealkylation sites (N-methyl/N-ethyl adjacent to an activating group) is 1. The van der Waals surface area contributed by atoms with Gasteiger partial charge in [0.1, 0.15) is 0 Å². The third kappa shape index (κ3) is 3.81. The molecule has 3 nitrogen and oxygen atoms in total. The zero-order valence-electron chi connectivity index (χ0n) is 9.74. The van der Waals surface area contributed by atoms with Crippen molar-refractivity contribution in [3.8, 4) is 0 Å². The van der Waals surface area contributed by atoms with Gasteiger partial charge in [-0.15, -0.1) is 0 Å². The van der Waals surface area contributed by atoms with Crippen LogP contribution in [0.3, 0.4) is 0 Å². The lowest BCUT2D eigenvalue weighted by Crippen LogP contribution is -2.30. The molecule has 1 aliphatic rings. The molecular formula is C12H16Cl2N2O. The molecule has 1 aromatic heterocycles. The van der Waals surface area contributed by atoms with Gasteiger partial charge in [0.05, 0.1) is 21.8 Å². The predicted octanol–water partition coefficient (Wildman–Crippen LogP) is 2.59. The Morgan fingerprint density at radius 2 is 2.24 bits per heavy atom. The van der Waals surface area contributed by atoms with E-state index in [1.54, 1.807) is 12.3 Å². The number of hydrogen-bond acceptors (Lipinski definition) is 3. The molecular weight excluding hydrogens is 259 g/mol. The summed E-state index contributed by atoms with van der Waals surface area (Å²) in [4.78, 5) is 6.23. The van der Waals surface area contributed by atoms with E-state index in [0.717, 1.165) is 18.5 Å². The van der Waals surface area contributed by atoms with Gasteiger partial charge >= 0.3 is 0 Å². The lowest BCUT2D eigenvalue weighted by molar-refractivity contribution is 0.104. The third-order valence-corrected chi connectivity index (χ3v) is 3.50. The second-order valence-corrected chi connectivity index (χ2v) is 5.53. The first-order valence-corrected chi connectivity index (χ1v) is 6.48. The van der Waals surface area contributed by atoms with Crippen molar-refractivity contribution in [3.05, 3.63) is 28.0 Å². The van der Waals surface area contributed by atoms with Gasteiger partial charge in [-0.2, -0.15) is 0 Å². The van der Waals surface area contributed by atoms with Gasteiger partial charge in [0.2, 0.25) is 0 Å². The minimum absolute atomic E-state index is 0.230. The van der Waals surface area contributed by atoms with Crippen molar-refractivity contribution in [1.29, 1.82) is 0 Å². The lowest BCUT2D eigenvalue weighted by atomic mass is 10.2. The quantitative estimate of drug-likeness (QED) is 0.897. The summed E-state index contributed by atoms with van der Waals surface area (Å²) in [5, 5.41) is 11.0. The molecule has 17 heavy (non-hydrogen) atoms. The van der Waals surface area contributed by atoms with E-state index in [9.17, 15) is 5.11 Å². The Balaban J connectivity index is 1.90. The average Bonchev–Trinajstić information content (AvgIpc) is 3.05. The van der Waals surface area contributed by atoms with Gasteiger partial charge in [-0.25, -0.2) is 0 Å². The fourth-order valence-electron chi connectivity index (χ4n) is 1.83. The van der Waals surface area contributed by atoms with Crippen LogP contribution in [0.1, 0.15) is 18.5 Å². The van der Waals surface area contributed by atoms with E-state index in [0.29, 0.717) is 29.1 Å². The smallest absolute Gasteiger partial charge is 0.0730 e. The largest absolute Gasteiger partial charge is 0.392 e. The van der Waals surface area contributed by atoms with Crippen LogP contribution < -0.4 is 0 Å². The summed E-state index contributed by atoms with van der Waals surface area (Å²) in [6.45, 7) is 1.28. The molecule has 1 saturated carbocycles. The monoisotopic (exact) mass is 274 g/mol. The van der Waals surface area contributed by atoms with E-state index in [4.69, 9.17) is 23.2 Å². The molecule has 0 spiro atoms. The maximum Gasteiger partial charge on any atom is 0.0730 e. The van der Waals surface area contributed by atoms with E-state index in [-0.39, 0.29) is 6.10 Å². The zero-order chi connectivity index (χ0) is 12.4. The topological polar surface area (TPSA) is 36.4 Å². The molecule has 1 aromatic rings. The van der Waals surface area contributed by atoms with E-state index in [1.807, 2.05) is 11.9 Å². The zero-order valence-corrected chi connectivity index (χ0v) is 11.2. The maximum absolute atomic E-state index is 9.83.